The van der Waals surface area contributed by atoms with E-state index in [1.54, 1.807) is 0 Å². The summed E-state index contributed by atoms with van der Waals surface area (Å²) in [7, 11) is 0. The van der Waals surface area contributed by atoms with Gasteiger partial charge in [-0.05, 0) is 24.7 Å². The molecule has 0 aliphatic heterocycles. The van der Waals surface area contributed by atoms with E-state index in [-0.39, 0.29) is 25.0 Å². The van der Waals surface area contributed by atoms with Crippen LogP contribution in [0.1, 0.15) is 33.1 Å². The van der Waals surface area contributed by atoms with Crippen LogP contribution in [0.15, 0.2) is 0 Å². The fourth-order valence-electron chi connectivity index (χ4n) is 1.50. The van der Waals surface area contributed by atoms with E-state index < -0.39 is 0 Å². The maximum atomic E-state index is 9.35. The van der Waals surface area contributed by atoms with E-state index in [1.165, 1.54) is 12.8 Å². The molecule has 3 atom stereocenters. The molecule has 0 bridgehead atoms. The Morgan fingerprint density at radius 2 is 1.80 bits per heavy atom. The number of hydrogen-bond acceptors (Lipinski definition) is 1. The van der Waals surface area contributed by atoms with Gasteiger partial charge in [-0.15, -0.1) is 0 Å². The summed E-state index contributed by atoms with van der Waals surface area (Å²) in [4.78, 5) is 0. The van der Waals surface area contributed by atoms with Gasteiger partial charge in [0.1, 0.15) is 0 Å². The van der Waals surface area contributed by atoms with E-state index in [0.717, 1.165) is 12.3 Å². The fourth-order valence-corrected chi connectivity index (χ4v) is 1.50. The van der Waals surface area contributed by atoms with Gasteiger partial charge < -0.3 is 5.11 Å². The number of aliphatic hydroxyl groups excluding tert-OH is 1. The minimum atomic E-state index is -0.0197. The summed E-state index contributed by atoms with van der Waals surface area (Å²) in [5.41, 5.74) is 0. The third-order valence-electron chi connectivity index (χ3n) is 2.42. The molecule has 54 valence electrons. The van der Waals surface area contributed by atoms with Crippen molar-refractivity contribution >= 4 is 0 Å². The van der Waals surface area contributed by atoms with Crippen molar-refractivity contribution in [3.8, 4) is 0 Å². The molecule has 3 unspecified atom stereocenters. The molecule has 1 aliphatic rings. The first-order valence-electron chi connectivity index (χ1n) is 3.88. The maximum Gasteiger partial charge on any atom is 1.00 e. The van der Waals surface area contributed by atoms with Gasteiger partial charge in [0.05, 0.1) is 6.10 Å². The molecule has 0 aromatic heterocycles. The third-order valence-corrected chi connectivity index (χ3v) is 2.42. The van der Waals surface area contributed by atoms with Crippen molar-refractivity contribution in [3.63, 3.8) is 0 Å². The molecular formula is C8H16LiO+. The van der Waals surface area contributed by atoms with Gasteiger partial charge in [-0.1, -0.05) is 20.3 Å². The average molecular weight is 135 g/mol. The van der Waals surface area contributed by atoms with Crippen molar-refractivity contribution < 1.29 is 24.0 Å². The Kier molecular flexibility index (Phi) is 4.69. The minimum Gasteiger partial charge on any atom is -0.393 e. The van der Waals surface area contributed by atoms with Crippen molar-refractivity contribution in [1.29, 1.82) is 0 Å². The van der Waals surface area contributed by atoms with Gasteiger partial charge >= 0.3 is 18.9 Å². The SMILES string of the molecule is CC1CCC(C)C(O)C1.[Li+]. The molecule has 1 aliphatic carbocycles. The molecule has 2 heteroatoms. The van der Waals surface area contributed by atoms with E-state index in [9.17, 15) is 5.11 Å². The van der Waals surface area contributed by atoms with Crippen molar-refractivity contribution in [3.05, 3.63) is 0 Å². The second-order valence-electron chi connectivity index (χ2n) is 3.46. The van der Waals surface area contributed by atoms with Crippen molar-refractivity contribution in [2.24, 2.45) is 11.8 Å². The van der Waals surface area contributed by atoms with Crippen LogP contribution in [0.3, 0.4) is 0 Å². The Bertz CT molecular complexity index is 95.3. The first-order chi connectivity index (χ1) is 4.20. The Hall–Kier alpha value is 0.557. The molecule has 1 rings (SSSR count). The van der Waals surface area contributed by atoms with E-state index >= 15 is 0 Å². The molecule has 10 heavy (non-hydrogen) atoms. The van der Waals surface area contributed by atoms with E-state index in [0.29, 0.717) is 5.92 Å². The van der Waals surface area contributed by atoms with Gasteiger partial charge in [0, 0.05) is 0 Å². The second-order valence-corrected chi connectivity index (χ2v) is 3.46. The molecule has 0 saturated heterocycles. The molecule has 0 radical (unpaired) electrons. The zero-order chi connectivity index (χ0) is 6.85. The van der Waals surface area contributed by atoms with Crippen LogP contribution in [-0.2, 0) is 0 Å². The topological polar surface area (TPSA) is 20.2 Å². The van der Waals surface area contributed by atoms with Crippen molar-refractivity contribution in [2.45, 2.75) is 39.2 Å². The largest absolute Gasteiger partial charge is 1.00 e. The molecule has 1 saturated carbocycles. The van der Waals surface area contributed by atoms with E-state index in [2.05, 4.69) is 13.8 Å². The number of aliphatic hydroxyl groups is 1. The second kappa shape index (κ2) is 4.44. The molecule has 0 amide bonds. The number of hydrogen-bond donors (Lipinski definition) is 1. The molecule has 0 spiro atoms. The average Bonchev–Trinajstić information content (AvgIpc) is 1.80. The Balaban J connectivity index is 0.000000810. The van der Waals surface area contributed by atoms with E-state index in [1.807, 2.05) is 0 Å². The van der Waals surface area contributed by atoms with Gasteiger partial charge in [-0.25, -0.2) is 0 Å². The molecule has 1 N–H and O–H groups in total. The predicted octanol–water partition coefficient (Wildman–Crippen LogP) is -1.19. The van der Waals surface area contributed by atoms with Gasteiger partial charge in [0.15, 0.2) is 0 Å². The molecule has 1 fully saturated rings. The monoisotopic (exact) mass is 135 g/mol. The van der Waals surface area contributed by atoms with Crippen molar-refractivity contribution in [2.75, 3.05) is 0 Å². The summed E-state index contributed by atoms with van der Waals surface area (Å²) in [6.07, 6.45) is 3.51. The van der Waals surface area contributed by atoms with Crippen LogP contribution < -0.4 is 18.9 Å². The van der Waals surface area contributed by atoms with Crippen LogP contribution in [0.25, 0.3) is 0 Å². The smallest absolute Gasteiger partial charge is 0.393 e. The minimum absolute atomic E-state index is 0. The standard InChI is InChI=1S/C8H16O.Li/c1-6-3-4-7(2)8(9)5-6;/h6-9H,3-5H2,1-2H3;/q;+1. The first kappa shape index (κ1) is 10.6. The van der Waals surface area contributed by atoms with Gasteiger partial charge in [-0.3, -0.25) is 0 Å². The zero-order valence-corrected chi connectivity index (χ0v) is 7.30. The fraction of sp³-hybridized carbons (Fsp3) is 1.00. The quantitative estimate of drug-likeness (QED) is 0.414. The normalized spacial score (nSPS) is 40.5. The summed E-state index contributed by atoms with van der Waals surface area (Å²) in [6.45, 7) is 4.35. The summed E-state index contributed by atoms with van der Waals surface area (Å²) in [5, 5.41) is 9.35. The Morgan fingerprint density at radius 3 is 2.20 bits per heavy atom. The van der Waals surface area contributed by atoms with Crippen LogP contribution in [-0.4, -0.2) is 11.2 Å². The molecular weight excluding hydrogens is 119 g/mol. The maximum absolute atomic E-state index is 9.35. The van der Waals surface area contributed by atoms with Crippen LogP contribution in [0.5, 0.6) is 0 Å². The van der Waals surface area contributed by atoms with Crippen molar-refractivity contribution in [1.82, 2.24) is 0 Å². The zero-order valence-electron chi connectivity index (χ0n) is 7.30. The van der Waals surface area contributed by atoms with Gasteiger partial charge in [-0.2, -0.15) is 0 Å². The summed E-state index contributed by atoms with van der Waals surface area (Å²) in [6, 6.07) is 0. The molecule has 0 aromatic rings. The first-order valence-corrected chi connectivity index (χ1v) is 3.88. The van der Waals surface area contributed by atoms with E-state index in [4.69, 9.17) is 0 Å². The van der Waals surface area contributed by atoms with Crippen LogP contribution >= 0.6 is 0 Å². The molecule has 0 aromatic carbocycles. The Labute approximate surface area is 75.4 Å². The predicted molar refractivity (Wildman–Crippen MR) is 38.2 cm³/mol. The van der Waals surface area contributed by atoms with Gasteiger partial charge in [0.2, 0.25) is 0 Å². The molecule has 1 nitrogen and oxygen atoms in total. The summed E-state index contributed by atoms with van der Waals surface area (Å²) >= 11 is 0. The number of rotatable bonds is 0. The molecule has 0 heterocycles. The van der Waals surface area contributed by atoms with Crippen LogP contribution in [0, 0.1) is 11.8 Å². The Morgan fingerprint density at radius 1 is 1.20 bits per heavy atom. The van der Waals surface area contributed by atoms with Crippen LogP contribution in [0.4, 0.5) is 0 Å². The summed E-state index contributed by atoms with van der Waals surface area (Å²) < 4.78 is 0. The third kappa shape index (κ3) is 2.66. The summed E-state index contributed by atoms with van der Waals surface area (Å²) in [5.74, 6) is 1.29. The van der Waals surface area contributed by atoms with Gasteiger partial charge in [0.25, 0.3) is 0 Å². The van der Waals surface area contributed by atoms with Crippen LogP contribution in [0.2, 0.25) is 0 Å².